The number of ether oxygens (including phenoxy) is 1. The highest BCUT2D eigenvalue weighted by atomic mass is 32.2. The molecule has 0 aliphatic carbocycles. The molecule has 0 atom stereocenters. The number of nitrogens with one attached hydrogen (secondary N) is 2. The minimum atomic E-state index is -0.321. The van der Waals surface area contributed by atoms with Crippen LogP contribution in [-0.4, -0.2) is 43.8 Å². The highest BCUT2D eigenvalue weighted by Crippen LogP contribution is 2.38. The Bertz CT molecular complexity index is 1640. The molecule has 4 aromatic rings. The summed E-state index contributed by atoms with van der Waals surface area (Å²) in [4.78, 5) is 15.4. The number of hydrogen-bond acceptors (Lipinski definition) is 6. The van der Waals surface area contributed by atoms with E-state index in [9.17, 15) is 4.79 Å². The highest BCUT2D eigenvalue weighted by molar-refractivity contribution is 8.03. The zero-order chi connectivity index (χ0) is 30.2. The Kier molecular flexibility index (Phi) is 7.91. The molecule has 0 unspecified atom stereocenters. The molecule has 2 N–H and O–H groups in total. The second-order valence-electron chi connectivity index (χ2n) is 12.7. The Morgan fingerprint density at radius 1 is 0.977 bits per heavy atom. The molecule has 1 saturated heterocycles. The average molecular weight is 598 g/mol. The Balaban J connectivity index is 1.13. The van der Waals surface area contributed by atoms with Crippen LogP contribution in [0.2, 0.25) is 0 Å². The fourth-order valence-corrected chi connectivity index (χ4v) is 6.30. The van der Waals surface area contributed by atoms with E-state index in [1.165, 1.54) is 4.91 Å². The molecule has 2 aromatic heterocycles. The summed E-state index contributed by atoms with van der Waals surface area (Å²) >= 11 is 1.74. The first-order valence-corrected chi connectivity index (χ1v) is 15.7. The Morgan fingerprint density at radius 3 is 2.40 bits per heavy atom. The van der Waals surface area contributed by atoms with Gasteiger partial charge in [-0.25, -0.2) is 9.48 Å². The van der Waals surface area contributed by atoms with Crippen LogP contribution in [-0.2, 0) is 22.0 Å². The summed E-state index contributed by atoms with van der Waals surface area (Å²) in [6.07, 6.45) is 5.90. The normalized spacial score (nSPS) is 16.3. The quantitative estimate of drug-likeness (QED) is 0.242. The van der Waals surface area contributed by atoms with Crippen LogP contribution in [0.1, 0.15) is 69.9 Å². The standard InChI is InChI=1S/C33H39N7O2S/c1-22-6-10-24(11-7-22)40-29(20-27(38-40)32(2,3)4)35-31(41)34-23-8-12-25(13-9-23)43-26-14-15-28-36-37-30(39(28)21-26)33(5)16-18-42-19-17-33/h6-13,20-21H,14-19H2,1-5H3,(H2,34,35,41). The number of hydrogen-bond donors (Lipinski definition) is 2. The Morgan fingerprint density at radius 2 is 1.70 bits per heavy atom. The lowest BCUT2D eigenvalue weighted by Crippen LogP contribution is -2.33. The van der Waals surface area contributed by atoms with Crippen LogP contribution in [0.25, 0.3) is 11.9 Å². The third kappa shape index (κ3) is 6.40. The van der Waals surface area contributed by atoms with E-state index in [0.29, 0.717) is 11.5 Å². The molecule has 0 bridgehead atoms. The summed E-state index contributed by atoms with van der Waals surface area (Å²) < 4.78 is 9.58. The first kappa shape index (κ1) is 29.2. The van der Waals surface area contributed by atoms with E-state index < -0.39 is 0 Å². The van der Waals surface area contributed by atoms with E-state index in [-0.39, 0.29) is 16.9 Å². The summed E-state index contributed by atoms with van der Waals surface area (Å²) in [7, 11) is 0. The lowest BCUT2D eigenvalue weighted by Gasteiger charge is -2.32. The van der Waals surface area contributed by atoms with E-state index in [1.54, 1.807) is 16.4 Å². The SMILES string of the molecule is Cc1ccc(-n2nc(C(C)(C)C)cc2NC(=O)Nc2ccc(SC3=Cn4c(nnc4C4(C)CCOCC4)CC3)cc2)cc1. The van der Waals surface area contributed by atoms with Gasteiger partial charge in [0, 0.05) is 58.2 Å². The molecule has 0 radical (unpaired) electrons. The van der Waals surface area contributed by atoms with Crippen molar-refractivity contribution in [1.29, 1.82) is 0 Å². The maximum Gasteiger partial charge on any atom is 0.324 e. The fourth-order valence-electron chi connectivity index (χ4n) is 5.36. The lowest BCUT2D eigenvalue weighted by atomic mass is 9.81. The number of anilines is 2. The van der Waals surface area contributed by atoms with Crippen LogP contribution in [0.5, 0.6) is 0 Å². The second-order valence-corrected chi connectivity index (χ2v) is 13.9. The van der Waals surface area contributed by atoms with E-state index >= 15 is 0 Å². The third-order valence-corrected chi connectivity index (χ3v) is 9.21. The third-order valence-electron chi connectivity index (χ3n) is 8.13. The van der Waals surface area contributed by atoms with E-state index in [2.05, 4.69) is 59.3 Å². The molecule has 10 heteroatoms. The van der Waals surface area contributed by atoms with Crippen molar-refractivity contribution in [2.75, 3.05) is 23.8 Å². The van der Waals surface area contributed by atoms with E-state index in [4.69, 9.17) is 9.84 Å². The number of allylic oxidation sites excluding steroid dienone is 1. The molecule has 0 spiro atoms. The van der Waals surface area contributed by atoms with Crippen LogP contribution in [0.3, 0.4) is 0 Å². The second kappa shape index (κ2) is 11.7. The van der Waals surface area contributed by atoms with Gasteiger partial charge in [-0.2, -0.15) is 5.10 Å². The number of carbonyl (C=O) groups is 1. The Labute approximate surface area is 257 Å². The van der Waals surface area contributed by atoms with Gasteiger partial charge in [-0.1, -0.05) is 57.2 Å². The monoisotopic (exact) mass is 597 g/mol. The number of urea groups is 1. The summed E-state index contributed by atoms with van der Waals surface area (Å²) in [5.74, 6) is 2.67. The van der Waals surface area contributed by atoms with Crippen LogP contribution < -0.4 is 10.6 Å². The molecular weight excluding hydrogens is 558 g/mol. The van der Waals surface area contributed by atoms with Crippen molar-refractivity contribution in [1.82, 2.24) is 24.5 Å². The number of aryl methyl sites for hydroxylation is 2. The topological polar surface area (TPSA) is 98.9 Å². The number of rotatable bonds is 6. The van der Waals surface area contributed by atoms with Gasteiger partial charge in [-0.05, 0) is 62.6 Å². The van der Waals surface area contributed by atoms with Crippen molar-refractivity contribution in [3.8, 4) is 5.69 Å². The van der Waals surface area contributed by atoms with Gasteiger partial charge < -0.3 is 10.1 Å². The number of benzene rings is 2. The molecule has 2 aliphatic rings. The van der Waals surface area contributed by atoms with Crippen molar-refractivity contribution in [3.63, 3.8) is 0 Å². The average Bonchev–Trinajstić information content (AvgIpc) is 3.60. The predicted octanol–water partition coefficient (Wildman–Crippen LogP) is 7.32. The van der Waals surface area contributed by atoms with Gasteiger partial charge in [-0.3, -0.25) is 9.88 Å². The number of nitrogens with zero attached hydrogens (tertiary/aromatic N) is 5. The molecule has 0 saturated carbocycles. The maximum atomic E-state index is 13.1. The number of amides is 2. The molecule has 9 nitrogen and oxygen atoms in total. The van der Waals surface area contributed by atoms with E-state index in [0.717, 1.165) is 72.4 Å². The first-order valence-electron chi connectivity index (χ1n) is 14.8. The molecule has 6 rings (SSSR count). The molecule has 2 amide bonds. The van der Waals surface area contributed by atoms with Gasteiger partial charge in [0.2, 0.25) is 0 Å². The summed E-state index contributed by atoms with van der Waals surface area (Å²) in [5, 5.41) is 19.9. The van der Waals surface area contributed by atoms with E-state index in [1.807, 2.05) is 61.5 Å². The Hall–Kier alpha value is -3.89. The number of aromatic nitrogens is 5. The minimum Gasteiger partial charge on any atom is -0.381 e. The van der Waals surface area contributed by atoms with Crippen molar-refractivity contribution >= 4 is 35.5 Å². The molecule has 43 heavy (non-hydrogen) atoms. The maximum absolute atomic E-state index is 13.1. The highest BCUT2D eigenvalue weighted by Gasteiger charge is 2.35. The molecule has 4 heterocycles. The fraction of sp³-hybridized carbons (Fsp3) is 0.394. The lowest BCUT2D eigenvalue weighted by molar-refractivity contribution is 0.0530. The van der Waals surface area contributed by atoms with Crippen molar-refractivity contribution in [3.05, 3.63) is 82.4 Å². The van der Waals surface area contributed by atoms with Gasteiger partial charge in [0.1, 0.15) is 17.5 Å². The first-order chi connectivity index (χ1) is 20.6. The minimum absolute atomic E-state index is 0.0207. The predicted molar refractivity (Wildman–Crippen MR) is 172 cm³/mol. The van der Waals surface area contributed by atoms with Crippen LogP contribution in [0.4, 0.5) is 16.3 Å². The van der Waals surface area contributed by atoms with Gasteiger partial charge in [-0.15, -0.1) is 10.2 Å². The smallest absolute Gasteiger partial charge is 0.324 e. The molecule has 2 aromatic carbocycles. The molecule has 1 fully saturated rings. The van der Waals surface area contributed by atoms with Crippen LogP contribution in [0.15, 0.2) is 64.4 Å². The van der Waals surface area contributed by atoms with Crippen molar-refractivity contribution < 1.29 is 9.53 Å². The van der Waals surface area contributed by atoms with Gasteiger partial charge >= 0.3 is 6.03 Å². The van der Waals surface area contributed by atoms with Crippen LogP contribution >= 0.6 is 11.8 Å². The number of fused-ring (bicyclic) bond motifs is 1. The largest absolute Gasteiger partial charge is 0.381 e. The molecule has 224 valence electrons. The zero-order valence-electron chi connectivity index (χ0n) is 25.5. The van der Waals surface area contributed by atoms with Gasteiger partial charge in [0.15, 0.2) is 0 Å². The molecular formula is C33H39N7O2S. The van der Waals surface area contributed by atoms with Crippen LogP contribution in [0, 0.1) is 6.92 Å². The molecule has 2 aliphatic heterocycles. The zero-order valence-corrected chi connectivity index (χ0v) is 26.3. The summed E-state index contributed by atoms with van der Waals surface area (Å²) in [6, 6.07) is 17.6. The van der Waals surface area contributed by atoms with Gasteiger partial charge in [0.05, 0.1) is 11.4 Å². The van der Waals surface area contributed by atoms with Crippen molar-refractivity contribution in [2.24, 2.45) is 0 Å². The summed E-state index contributed by atoms with van der Waals surface area (Å²) in [5.41, 5.74) is 3.49. The van der Waals surface area contributed by atoms with Crippen molar-refractivity contribution in [2.45, 2.75) is 76.0 Å². The number of thioether (sulfide) groups is 1. The van der Waals surface area contributed by atoms with Gasteiger partial charge in [0.25, 0.3) is 0 Å². The number of carbonyl (C=O) groups excluding carboxylic acids is 1. The summed E-state index contributed by atoms with van der Waals surface area (Å²) in [6.45, 7) is 12.2.